The number of nitrogens with one attached hydrogen (secondary N) is 2. The lowest BCUT2D eigenvalue weighted by Gasteiger charge is -2.35. The van der Waals surface area contributed by atoms with Crippen LogP contribution in [-0.4, -0.2) is 35.8 Å². The third-order valence-electron chi connectivity index (χ3n) is 4.88. The number of rotatable bonds is 5. The maximum atomic E-state index is 13.3. The predicted molar refractivity (Wildman–Crippen MR) is 104 cm³/mol. The molecule has 0 unspecified atom stereocenters. The first kappa shape index (κ1) is 19.0. The number of carbonyl (C=O) groups is 2. The normalized spacial score (nSPS) is 18.5. The van der Waals surface area contributed by atoms with Gasteiger partial charge in [-0.05, 0) is 56.6 Å². The summed E-state index contributed by atoms with van der Waals surface area (Å²) in [6.45, 7) is 3.09. The maximum absolute atomic E-state index is 13.3. The summed E-state index contributed by atoms with van der Waals surface area (Å²) in [6, 6.07) is 14.8. The Hall–Kier alpha value is -2.73. The van der Waals surface area contributed by atoms with E-state index in [1.807, 2.05) is 42.2 Å². The van der Waals surface area contributed by atoms with Gasteiger partial charge in [-0.25, -0.2) is 4.39 Å². The molecule has 142 valence electrons. The number of para-hydroxylation sites is 1. The van der Waals surface area contributed by atoms with Crippen molar-refractivity contribution in [3.63, 3.8) is 0 Å². The van der Waals surface area contributed by atoms with Gasteiger partial charge in [-0.1, -0.05) is 24.3 Å². The zero-order valence-corrected chi connectivity index (χ0v) is 15.3. The summed E-state index contributed by atoms with van der Waals surface area (Å²) < 4.78 is 13.3. The van der Waals surface area contributed by atoms with Gasteiger partial charge in [0.15, 0.2) is 0 Å². The molecular weight excluding hydrogens is 345 g/mol. The van der Waals surface area contributed by atoms with E-state index in [0.29, 0.717) is 12.2 Å². The van der Waals surface area contributed by atoms with Crippen LogP contribution in [0.3, 0.4) is 0 Å². The Labute approximate surface area is 158 Å². The van der Waals surface area contributed by atoms with Gasteiger partial charge in [0.2, 0.25) is 11.8 Å². The Kier molecular flexibility index (Phi) is 6.19. The van der Waals surface area contributed by atoms with Crippen molar-refractivity contribution in [1.82, 2.24) is 4.90 Å². The summed E-state index contributed by atoms with van der Waals surface area (Å²) in [4.78, 5) is 27.1. The van der Waals surface area contributed by atoms with Gasteiger partial charge in [0, 0.05) is 17.9 Å². The van der Waals surface area contributed by atoms with Crippen LogP contribution < -0.4 is 10.6 Å². The Morgan fingerprint density at radius 1 is 1.07 bits per heavy atom. The summed E-state index contributed by atoms with van der Waals surface area (Å²) in [5, 5.41) is 5.68. The van der Waals surface area contributed by atoms with E-state index in [4.69, 9.17) is 0 Å². The fourth-order valence-corrected chi connectivity index (χ4v) is 3.32. The first-order valence-corrected chi connectivity index (χ1v) is 9.19. The van der Waals surface area contributed by atoms with Crippen LogP contribution in [0.25, 0.3) is 0 Å². The van der Waals surface area contributed by atoms with Crippen molar-refractivity contribution >= 4 is 23.2 Å². The van der Waals surface area contributed by atoms with Gasteiger partial charge >= 0.3 is 0 Å². The van der Waals surface area contributed by atoms with Crippen molar-refractivity contribution in [2.45, 2.75) is 25.8 Å². The van der Waals surface area contributed by atoms with E-state index in [2.05, 4.69) is 10.6 Å². The molecule has 0 bridgehead atoms. The smallest absolute Gasteiger partial charge is 0.241 e. The summed E-state index contributed by atoms with van der Waals surface area (Å²) in [7, 11) is 0. The first-order valence-electron chi connectivity index (χ1n) is 9.19. The molecule has 2 aromatic carbocycles. The quantitative estimate of drug-likeness (QED) is 0.848. The molecule has 0 radical (unpaired) electrons. The van der Waals surface area contributed by atoms with E-state index in [1.54, 1.807) is 12.1 Å². The first-order chi connectivity index (χ1) is 13.0. The molecule has 1 fully saturated rings. The second-order valence-electron chi connectivity index (χ2n) is 6.86. The van der Waals surface area contributed by atoms with Crippen molar-refractivity contribution in [1.29, 1.82) is 0 Å². The van der Waals surface area contributed by atoms with Crippen molar-refractivity contribution in [2.24, 2.45) is 5.92 Å². The van der Waals surface area contributed by atoms with Crippen LogP contribution in [0.2, 0.25) is 0 Å². The SMILES string of the molecule is C[C@@H](C(=O)Nc1cccc(F)c1)N1CCC[C@@H](C(=O)Nc2ccccc2)C1. The number of carbonyl (C=O) groups excluding carboxylic acids is 2. The minimum Gasteiger partial charge on any atom is -0.326 e. The van der Waals surface area contributed by atoms with Crippen LogP contribution in [0.1, 0.15) is 19.8 Å². The number of piperidine rings is 1. The van der Waals surface area contributed by atoms with Gasteiger partial charge in [0.25, 0.3) is 0 Å². The molecular formula is C21H24FN3O2. The van der Waals surface area contributed by atoms with Crippen molar-refractivity contribution in [3.05, 3.63) is 60.4 Å². The van der Waals surface area contributed by atoms with Gasteiger partial charge in [-0.3, -0.25) is 14.5 Å². The molecule has 2 N–H and O–H groups in total. The topological polar surface area (TPSA) is 61.4 Å². The van der Waals surface area contributed by atoms with Crippen LogP contribution in [0.15, 0.2) is 54.6 Å². The van der Waals surface area contributed by atoms with Crippen molar-refractivity contribution in [2.75, 3.05) is 23.7 Å². The van der Waals surface area contributed by atoms with Crippen LogP contribution >= 0.6 is 0 Å². The van der Waals surface area contributed by atoms with Crippen LogP contribution in [-0.2, 0) is 9.59 Å². The second-order valence-corrected chi connectivity index (χ2v) is 6.86. The monoisotopic (exact) mass is 369 g/mol. The summed E-state index contributed by atoms with van der Waals surface area (Å²) >= 11 is 0. The fraction of sp³-hybridized carbons (Fsp3) is 0.333. The molecule has 6 heteroatoms. The number of amides is 2. The molecule has 2 atom stereocenters. The second kappa shape index (κ2) is 8.77. The highest BCUT2D eigenvalue weighted by molar-refractivity contribution is 5.95. The standard InChI is InChI=1S/C21H24FN3O2/c1-15(20(26)24-19-11-5-8-17(22)13-19)25-12-6-7-16(14-25)21(27)23-18-9-3-2-4-10-18/h2-5,8-11,13,15-16H,6-7,12,14H2,1H3,(H,23,27)(H,24,26)/t15-,16+/m0/s1. The molecule has 1 heterocycles. The Morgan fingerprint density at radius 3 is 2.56 bits per heavy atom. The molecule has 2 amide bonds. The highest BCUT2D eigenvalue weighted by Crippen LogP contribution is 2.21. The molecule has 27 heavy (non-hydrogen) atoms. The number of benzene rings is 2. The van der Waals surface area contributed by atoms with Gasteiger partial charge in [0.05, 0.1) is 12.0 Å². The third kappa shape index (κ3) is 5.14. The van der Waals surface area contributed by atoms with Gasteiger partial charge in [-0.2, -0.15) is 0 Å². The number of hydrogen-bond donors (Lipinski definition) is 2. The molecule has 1 saturated heterocycles. The molecule has 0 saturated carbocycles. The maximum Gasteiger partial charge on any atom is 0.241 e. The van der Waals surface area contributed by atoms with E-state index < -0.39 is 11.9 Å². The van der Waals surface area contributed by atoms with Gasteiger partial charge in [-0.15, -0.1) is 0 Å². The Morgan fingerprint density at radius 2 is 1.81 bits per heavy atom. The lowest BCUT2D eigenvalue weighted by atomic mass is 9.95. The number of halogens is 1. The van der Waals surface area contributed by atoms with Gasteiger partial charge < -0.3 is 10.6 Å². The minimum absolute atomic E-state index is 0.0244. The molecule has 0 aliphatic carbocycles. The van der Waals surface area contributed by atoms with E-state index in [-0.39, 0.29) is 17.7 Å². The third-order valence-corrected chi connectivity index (χ3v) is 4.88. The van der Waals surface area contributed by atoms with Crippen molar-refractivity contribution < 1.29 is 14.0 Å². The largest absolute Gasteiger partial charge is 0.326 e. The van der Waals surface area contributed by atoms with Crippen LogP contribution in [0.4, 0.5) is 15.8 Å². The Bertz CT molecular complexity index is 797. The zero-order valence-electron chi connectivity index (χ0n) is 15.3. The summed E-state index contributed by atoms with van der Waals surface area (Å²) in [6.07, 6.45) is 1.65. The summed E-state index contributed by atoms with van der Waals surface area (Å²) in [5.41, 5.74) is 1.21. The van der Waals surface area contributed by atoms with Crippen LogP contribution in [0, 0.1) is 11.7 Å². The highest BCUT2D eigenvalue weighted by Gasteiger charge is 2.31. The molecule has 3 rings (SSSR count). The van der Waals surface area contributed by atoms with Crippen LogP contribution in [0.5, 0.6) is 0 Å². The highest BCUT2D eigenvalue weighted by atomic mass is 19.1. The Balaban J connectivity index is 1.57. The van der Waals surface area contributed by atoms with E-state index >= 15 is 0 Å². The fourth-order valence-electron chi connectivity index (χ4n) is 3.32. The number of hydrogen-bond acceptors (Lipinski definition) is 3. The molecule has 5 nitrogen and oxygen atoms in total. The van der Waals surface area contributed by atoms with E-state index in [9.17, 15) is 14.0 Å². The number of likely N-dealkylation sites (tertiary alicyclic amines) is 1. The molecule has 2 aromatic rings. The lowest BCUT2D eigenvalue weighted by molar-refractivity contribution is -0.125. The molecule has 1 aliphatic heterocycles. The molecule has 1 aliphatic rings. The van der Waals surface area contributed by atoms with E-state index in [1.165, 1.54) is 12.1 Å². The number of anilines is 2. The average Bonchev–Trinajstić information content (AvgIpc) is 2.68. The van der Waals surface area contributed by atoms with Gasteiger partial charge in [0.1, 0.15) is 5.82 Å². The number of nitrogens with zero attached hydrogens (tertiary/aromatic N) is 1. The lowest BCUT2D eigenvalue weighted by Crippen LogP contribution is -2.49. The minimum atomic E-state index is -0.402. The summed E-state index contributed by atoms with van der Waals surface area (Å²) in [5.74, 6) is -0.784. The average molecular weight is 369 g/mol. The van der Waals surface area contributed by atoms with Crippen molar-refractivity contribution in [3.8, 4) is 0 Å². The predicted octanol–water partition coefficient (Wildman–Crippen LogP) is 3.50. The molecule has 0 aromatic heterocycles. The molecule has 0 spiro atoms. The zero-order chi connectivity index (χ0) is 19.2. The van der Waals surface area contributed by atoms with E-state index in [0.717, 1.165) is 25.1 Å².